The number of anilines is 1. The molecule has 0 unspecified atom stereocenters. The summed E-state index contributed by atoms with van der Waals surface area (Å²) in [4.78, 5) is 25.6. The van der Waals surface area contributed by atoms with Crippen LogP contribution in [0.25, 0.3) is 0 Å². The number of nitrogens with one attached hydrogen (secondary N) is 2. The predicted octanol–water partition coefficient (Wildman–Crippen LogP) is 4.99. The first-order valence-electron chi connectivity index (χ1n) is 11.5. The van der Waals surface area contributed by atoms with E-state index in [-0.39, 0.29) is 23.5 Å². The molecule has 1 heterocycles. The zero-order valence-corrected chi connectivity index (χ0v) is 22.7. The van der Waals surface area contributed by atoms with Gasteiger partial charge in [-0.15, -0.1) is 16.8 Å². The fourth-order valence-corrected chi connectivity index (χ4v) is 4.46. The molecule has 0 saturated carbocycles. The van der Waals surface area contributed by atoms with Crippen molar-refractivity contribution in [3.63, 3.8) is 0 Å². The van der Waals surface area contributed by atoms with Gasteiger partial charge in [0.25, 0.3) is 5.91 Å². The van der Waals surface area contributed by atoms with E-state index in [1.807, 2.05) is 18.4 Å². The zero-order valence-electron chi connectivity index (χ0n) is 21.2. The lowest BCUT2D eigenvalue weighted by Crippen LogP contribution is -2.33. The molecule has 37 heavy (non-hydrogen) atoms. The smallest absolute Gasteiger partial charge is 0.251 e. The largest absolute Gasteiger partial charge is 0.497 e. The number of hydrogen-bond acceptors (Lipinski definition) is 7. The van der Waals surface area contributed by atoms with E-state index in [1.54, 1.807) is 55.7 Å². The van der Waals surface area contributed by atoms with Gasteiger partial charge in [0.2, 0.25) is 5.91 Å². The first kappa shape index (κ1) is 28.1. The predicted molar refractivity (Wildman–Crippen MR) is 146 cm³/mol. The second-order valence-corrected chi connectivity index (χ2v) is 9.72. The van der Waals surface area contributed by atoms with E-state index < -0.39 is 6.04 Å². The van der Waals surface area contributed by atoms with Gasteiger partial charge in [0.05, 0.1) is 31.7 Å². The monoisotopic (exact) mass is 543 g/mol. The summed E-state index contributed by atoms with van der Waals surface area (Å²) in [6.07, 6.45) is 1.72. The van der Waals surface area contributed by atoms with E-state index in [0.717, 1.165) is 0 Å². The molecule has 3 aromatic rings. The van der Waals surface area contributed by atoms with E-state index in [4.69, 9.17) is 21.1 Å². The summed E-state index contributed by atoms with van der Waals surface area (Å²) in [5.41, 5.74) is 0.985. The van der Waals surface area contributed by atoms with Gasteiger partial charge in [-0.3, -0.25) is 9.59 Å². The summed E-state index contributed by atoms with van der Waals surface area (Å²) in [5.74, 6) is 1.36. The molecule has 0 aliphatic heterocycles. The van der Waals surface area contributed by atoms with E-state index in [2.05, 4.69) is 27.4 Å². The van der Waals surface area contributed by atoms with Gasteiger partial charge in [-0.1, -0.05) is 43.3 Å². The molecule has 0 spiro atoms. The quantitative estimate of drug-likeness (QED) is 0.245. The van der Waals surface area contributed by atoms with Gasteiger partial charge in [0.15, 0.2) is 11.0 Å². The number of carbonyl (C=O) groups excluding carboxylic acids is 2. The molecule has 0 aliphatic carbocycles. The van der Waals surface area contributed by atoms with Gasteiger partial charge < -0.3 is 24.7 Å². The Labute approximate surface area is 225 Å². The second-order valence-electron chi connectivity index (χ2n) is 8.35. The maximum atomic E-state index is 13.0. The van der Waals surface area contributed by atoms with Crippen LogP contribution >= 0.6 is 23.4 Å². The minimum atomic E-state index is -0.416. The van der Waals surface area contributed by atoms with E-state index in [0.29, 0.717) is 45.3 Å². The Balaban J connectivity index is 1.75. The van der Waals surface area contributed by atoms with Gasteiger partial charge in [-0.05, 0) is 48.4 Å². The van der Waals surface area contributed by atoms with Gasteiger partial charge in [0.1, 0.15) is 11.5 Å². The SMILES string of the molecule is C=CCn1c(SCC(=O)Nc2cc(Cl)ccc2OC)nnc1[C@@H](NC(=O)c1ccc(OC)cc1)C(C)C. The molecule has 2 amide bonds. The summed E-state index contributed by atoms with van der Waals surface area (Å²) in [7, 11) is 3.09. The molecule has 1 atom stereocenters. The molecule has 9 nitrogen and oxygen atoms in total. The summed E-state index contributed by atoms with van der Waals surface area (Å²) >= 11 is 7.28. The number of benzene rings is 2. The maximum absolute atomic E-state index is 13.0. The number of amides is 2. The highest BCUT2D eigenvalue weighted by atomic mass is 35.5. The van der Waals surface area contributed by atoms with Gasteiger partial charge in [-0.2, -0.15) is 0 Å². The summed E-state index contributed by atoms with van der Waals surface area (Å²) in [5, 5.41) is 15.6. The number of thioether (sulfide) groups is 1. The van der Waals surface area contributed by atoms with Crippen molar-refractivity contribution in [3.8, 4) is 11.5 Å². The lowest BCUT2D eigenvalue weighted by atomic mass is 10.0. The molecule has 196 valence electrons. The Morgan fingerprint density at radius 1 is 1.14 bits per heavy atom. The normalized spacial score (nSPS) is 11.6. The van der Waals surface area contributed by atoms with Crippen molar-refractivity contribution in [1.82, 2.24) is 20.1 Å². The number of ether oxygens (including phenoxy) is 2. The molecule has 3 rings (SSSR count). The van der Waals surface area contributed by atoms with Crippen molar-refractivity contribution in [1.29, 1.82) is 0 Å². The van der Waals surface area contributed by atoms with Crippen LogP contribution in [-0.4, -0.2) is 46.6 Å². The van der Waals surface area contributed by atoms with Crippen molar-refractivity contribution in [2.24, 2.45) is 5.92 Å². The van der Waals surface area contributed by atoms with Crippen LogP contribution in [0.1, 0.15) is 36.1 Å². The number of aromatic nitrogens is 3. The molecule has 0 bridgehead atoms. The average Bonchev–Trinajstić information content (AvgIpc) is 3.28. The van der Waals surface area contributed by atoms with Crippen LogP contribution in [0.4, 0.5) is 5.69 Å². The summed E-state index contributed by atoms with van der Waals surface area (Å²) in [6, 6.07) is 11.5. The van der Waals surface area contributed by atoms with Crippen LogP contribution in [0.15, 0.2) is 60.3 Å². The number of nitrogens with zero attached hydrogens (tertiary/aromatic N) is 3. The maximum Gasteiger partial charge on any atom is 0.251 e. The van der Waals surface area contributed by atoms with E-state index >= 15 is 0 Å². The number of hydrogen-bond donors (Lipinski definition) is 2. The highest BCUT2D eigenvalue weighted by Crippen LogP contribution is 2.29. The van der Waals surface area contributed by atoms with Crippen LogP contribution in [0.5, 0.6) is 11.5 Å². The minimum absolute atomic E-state index is 0.0198. The highest BCUT2D eigenvalue weighted by molar-refractivity contribution is 7.99. The lowest BCUT2D eigenvalue weighted by molar-refractivity contribution is -0.113. The fourth-order valence-electron chi connectivity index (χ4n) is 3.53. The number of carbonyl (C=O) groups is 2. The third-order valence-corrected chi connectivity index (χ3v) is 6.61. The van der Waals surface area contributed by atoms with E-state index in [9.17, 15) is 9.59 Å². The van der Waals surface area contributed by atoms with Crippen LogP contribution in [0, 0.1) is 5.92 Å². The van der Waals surface area contributed by atoms with Crippen LogP contribution in [0.3, 0.4) is 0 Å². The molecule has 1 aromatic heterocycles. The molecule has 2 N–H and O–H groups in total. The molecule has 0 fully saturated rings. The van der Waals surface area contributed by atoms with Crippen molar-refractivity contribution >= 4 is 40.9 Å². The topological polar surface area (TPSA) is 107 Å². The zero-order chi connectivity index (χ0) is 26.9. The molecule has 0 radical (unpaired) electrons. The third-order valence-electron chi connectivity index (χ3n) is 5.41. The first-order chi connectivity index (χ1) is 17.8. The Bertz CT molecular complexity index is 1250. The minimum Gasteiger partial charge on any atom is -0.497 e. The Morgan fingerprint density at radius 2 is 1.86 bits per heavy atom. The van der Waals surface area contributed by atoms with Gasteiger partial charge >= 0.3 is 0 Å². The lowest BCUT2D eigenvalue weighted by Gasteiger charge is -2.22. The molecular weight excluding hydrogens is 514 g/mol. The number of allylic oxidation sites excluding steroid dienone is 1. The Morgan fingerprint density at radius 3 is 2.49 bits per heavy atom. The standard InChI is InChI=1S/C26H30ClN5O4S/c1-6-13-32-24(23(16(2)3)29-25(34)17-7-10-19(35-4)11-8-17)30-31-26(32)37-15-22(33)28-20-14-18(27)9-12-21(20)36-5/h6-12,14,16,23H,1,13,15H2,2-5H3,(H,28,33)(H,29,34)/t23-/m0/s1. The molecule has 0 aliphatic rings. The first-order valence-corrected chi connectivity index (χ1v) is 12.9. The average molecular weight is 544 g/mol. The number of methoxy groups -OCH3 is 2. The Kier molecular flexibility index (Phi) is 9.99. The highest BCUT2D eigenvalue weighted by Gasteiger charge is 2.26. The molecule has 2 aromatic carbocycles. The third kappa shape index (κ3) is 7.27. The van der Waals surface area contributed by atoms with Crippen molar-refractivity contribution in [2.45, 2.75) is 31.6 Å². The van der Waals surface area contributed by atoms with Crippen molar-refractivity contribution < 1.29 is 19.1 Å². The number of rotatable bonds is 12. The van der Waals surface area contributed by atoms with Gasteiger partial charge in [-0.25, -0.2) is 0 Å². The fraction of sp³-hybridized carbons (Fsp3) is 0.308. The van der Waals surface area contributed by atoms with Crippen LogP contribution < -0.4 is 20.1 Å². The Hall–Kier alpha value is -3.50. The summed E-state index contributed by atoms with van der Waals surface area (Å²) < 4.78 is 12.3. The van der Waals surface area contributed by atoms with Crippen LogP contribution in [0.2, 0.25) is 5.02 Å². The molecule has 0 saturated heterocycles. The second kappa shape index (κ2) is 13.2. The molecular formula is C26H30ClN5O4S. The summed E-state index contributed by atoms with van der Waals surface area (Å²) in [6.45, 7) is 8.23. The van der Waals surface area contributed by atoms with Gasteiger partial charge in [0, 0.05) is 17.1 Å². The number of halogens is 1. The van der Waals surface area contributed by atoms with Crippen LogP contribution in [-0.2, 0) is 11.3 Å². The van der Waals surface area contributed by atoms with Crippen molar-refractivity contribution in [2.75, 3.05) is 25.3 Å². The van der Waals surface area contributed by atoms with Crippen molar-refractivity contribution in [3.05, 3.63) is 71.5 Å². The van der Waals surface area contributed by atoms with E-state index in [1.165, 1.54) is 18.9 Å². The molecule has 11 heteroatoms.